The zero-order valence-corrected chi connectivity index (χ0v) is 14.7. The molecule has 0 aliphatic rings. The minimum atomic E-state index is -0.326. The molecule has 5 heteroatoms. The van der Waals surface area contributed by atoms with Gasteiger partial charge in [-0.3, -0.25) is 4.79 Å². The minimum Gasteiger partial charge on any atom is -0.322 e. The van der Waals surface area contributed by atoms with E-state index in [0.29, 0.717) is 16.8 Å². The van der Waals surface area contributed by atoms with Crippen molar-refractivity contribution in [1.82, 2.24) is 0 Å². The van der Waals surface area contributed by atoms with Gasteiger partial charge in [-0.15, -0.1) is 23.1 Å². The molecule has 1 amide bonds. The van der Waals surface area contributed by atoms with Gasteiger partial charge >= 0.3 is 0 Å². The van der Waals surface area contributed by atoms with Crippen LogP contribution < -0.4 is 5.32 Å². The first-order chi connectivity index (χ1) is 11.6. The Hall–Kier alpha value is -2.11. The average molecular weight is 357 g/mol. The fourth-order valence-electron chi connectivity index (χ4n) is 2.19. The molecule has 0 atom stereocenters. The van der Waals surface area contributed by atoms with E-state index in [4.69, 9.17) is 0 Å². The molecule has 0 bridgehead atoms. The van der Waals surface area contributed by atoms with Crippen LogP contribution in [0.15, 0.2) is 64.9 Å². The van der Waals surface area contributed by atoms with Crippen LogP contribution in [0.2, 0.25) is 0 Å². The first-order valence-corrected chi connectivity index (χ1v) is 9.32. The number of hydrogen-bond acceptors (Lipinski definition) is 3. The summed E-state index contributed by atoms with van der Waals surface area (Å²) in [6.45, 7) is 1.69. The van der Waals surface area contributed by atoms with E-state index in [1.165, 1.54) is 10.9 Å². The summed E-state index contributed by atoms with van der Waals surface area (Å²) in [5.74, 6) is 0.266. The summed E-state index contributed by atoms with van der Waals surface area (Å²) in [5.41, 5.74) is 1.61. The largest absolute Gasteiger partial charge is 0.322 e. The Morgan fingerprint density at radius 3 is 2.75 bits per heavy atom. The summed E-state index contributed by atoms with van der Waals surface area (Å²) in [7, 11) is 0. The molecule has 0 aliphatic heterocycles. The number of benzene rings is 2. The number of carbonyl (C=O) groups excluding carboxylic acids is 1. The average Bonchev–Trinajstić information content (AvgIpc) is 3.10. The van der Waals surface area contributed by atoms with Crippen molar-refractivity contribution in [2.24, 2.45) is 0 Å². The molecule has 0 unspecified atom stereocenters. The fraction of sp³-hybridized carbons (Fsp3) is 0.105. The van der Waals surface area contributed by atoms with Gasteiger partial charge in [0.15, 0.2) is 0 Å². The van der Waals surface area contributed by atoms with Gasteiger partial charge in [-0.1, -0.05) is 24.3 Å². The van der Waals surface area contributed by atoms with E-state index in [9.17, 15) is 9.18 Å². The molecular formula is C19H16FNOS2. The van der Waals surface area contributed by atoms with Gasteiger partial charge in [-0.2, -0.15) is 0 Å². The lowest BCUT2D eigenvalue weighted by Gasteiger charge is -2.10. The zero-order chi connectivity index (χ0) is 16.9. The third-order valence-electron chi connectivity index (χ3n) is 3.51. The van der Waals surface area contributed by atoms with Crippen LogP contribution in [0.1, 0.15) is 20.8 Å². The molecule has 0 saturated heterocycles. The van der Waals surface area contributed by atoms with Gasteiger partial charge in [0.25, 0.3) is 5.91 Å². The number of thiophene rings is 1. The van der Waals surface area contributed by atoms with Crippen LogP contribution in [0.3, 0.4) is 0 Å². The monoisotopic (exact) mass is 357 g/mol. The SMILES string of the molecule is Cc1ccc(NC(=O)c2ccccc2SCc2cccs2)cc1F. The number of carbonyl (C=O) groups is 1. The molecule has 0 radical (unpaired) electrons. The van der Waals surface area contributed by atoms with Crippen molar-refractivity contribution >= 4 is 34.7 Å². The molecular weight excluding hydrogens is 341 g/mol. The molecule has 2 nitrogen and oxygen atoms in total. The fourth-order valence-corrected chi connectivity index (χ4v) is 4.02. The van der Waals surface area contributed by atoms with E-state index in [-0.39, 0.29) is 11.7 Å². The zero-order valence-electron chi connectivity index (χ0n) is 13.1. The third-order valence-corrected chi connectivity index (χ3v) is 5.69. The predicted molar refractivity (Wildman–Crippen MR) is 99.4 cm³/mol. The van der Waals surface area contributed by atoms with Crippen LogP contribution in [0.4, 0.5) is 10.1 Å². The Morgan fingerprint density at radius 1 is 1.17 bits per heavy atom. The van der Waals surface area contributed by atoms with Gasteiger partial charge in [0.2, 0.25) is 0 Å². The Kier molecular flexibility index (Phi) is 5.33. The van der Waals surface area contributed by atoms with Crippen LogP contribution in [-0.4, -0.2) is 5.91 Å². The smallest absolute Gasteiger partial charge is 0.256 e. The van der Waals surface area contributed by atoms with Gasteiger partial charge in [0.1, 0.15) is 5.82 Å². The van der Waals surface area contributed by atoms with Crippen molar-refractivity contribution in [3.05, 3.63) is 81.8 Å². The molecule has 0 fully saturated rings. The summed E-state index contributed by atoms with van der Waals surface area (Å²) in [6, 6.07) is 16.3. The molecule has 0 spiro atoms. The van der Waals surface area contributed by atoms with Crippen molar-refractivity contribution < 1.29 is 9.18 Å². The number of halogens is 1. The summed E-state index contributed by atoms with van der Waals surface area (Å²) in [5, 5.41) is 4.81. The molecule has 24 heavy (non-hydrogen) atoms. The number of aryl methyl sites for hydroxylation is 1. The van der Waals surface area contributed by atoms with E-state index >= 15 is 0 Å². The number of rotatable bonds is 5. The van der Waals surface area contributed by atoms with Gasteiger partial charge in [-0.25, -0.2) is 4.39 Å². The molecule has 2 aromatic carbocycles. The Labute approximate surface area is 148 Å². The standard InChI is InChI=1S/C19H16FNOS2/c1-13-8-9-14(11-17(13)20)21-19(22)16-6-2-3-7-18(16)24-12-15-5-4-10-23-15/h2-11H,12H2,1H3,(H,21,22). The van der Waals surface area contributed by atoms with Crippen molar-refractivity contribution in [2.45, 2.75) is 17.6 Å². The van der Waals surface area contributed by atoms with E-state index < -0.39 is 0 Å². The van der Waals surface area contributed by atoms with Crippen molar-refractivity contribution in [3.8, 4) is 0 Å². The van der Waals surface area contributed by atoms with Crippen LogP contribution in [0, 0.1) is 12.7 Å². The first kappa shape index (κ1) is 16.7. The van der Waals surface area contributed by atoms with E-state index in [1.54, 1.807) is 48.2 Å². The number of thioether (sulfide) groups is 1. The highest BCUT2D eigenvalue weighted by atomic mass is 32.2. The number of anilines is 1. The molecule has 0 saturated carbocycles. The van der Waals surface area contributed by atoms with Crippen LogP contribution in [0.5, 0.6) is 0 Å². The van der Waals surface area contributed by atoms with Gasteiger partial charge in [-0.05, 0) is 48.2 Å². The molecule has 1 heterocycles. The summed E-state index contributed by atoms with van der Waals surface area (Å²) < 4.78 is 13.6. The Balaban J connectivity index is 1.75. The lowest BCUT2D eigenvalue weighted by atomic mass is 10.2. The van der Waals surface area contributed by atoms with Crippen molar-refractivity contribution in [2.75, 3.05) is 5.32 Å². The molecule has 122 valence electrons. The second-order valence-electron chi connectivity index (χ2n) is 5.28. The minimum absolute atomic E-state index is 0.229. The highest BCUT2D eigenvalue weighted by Crippen LogP contribution is 2.28. The van der Waals surface area contributed by atoms with E-state index in [0.717, 1.165) is 10.6 Å². The lowest BCUT2D eigenvalue weighted by Crippen LogP contribution is -2.13. The van der Waals surface area contributed by atoms with Crippen molar-refractivity contribution in [3.63, 3.8) is 0 Å². The lowest BCUT2D eigenvalue weighted by molar-refractivity contribution is 0.102. The number of nitrogens with one attached hydrogen (secondary N) is 1. The molecule has 3 rings (SSSR count). The van der Waals surface area contributed by atoms with Gasteiger partial charge in [0, 0.05) is 21.2 Å². The van der Waals surface area contributed by atoms with Crippen LogP contribution in [0.25, 0.3) is 0 Å². The van der Waals surface area contributed by atoms with E-state index in [2.05, 4.69) is 11.4 Å². The topological polar surface area (TPSA) is 29.1 Å². The van der Waals surface area contributed by atoms with Gasteiger partial charge < -0.3 is 5.32 Å². The molecule has 0 aliphatic carbocycles. The quantitative estimate of drug-likeness (QED) is 0.590. The Morgan fingerprint density at radius 2 is 2.00 bits per heavy atom. The Bertz CT molecular complexity index is 846. The van der Waals surface area contributed by atoms with Crippen LogP contribution in [-0.2, 0) is 5.75 Å². The maximum Gasteiger partial charge on any atom is 0.256 e. The third kappa shape index (κ3) is 4.04. The second-order valence-corrected chi connectivity index (χ2v) is 7.33. The molecule has 1 aromatic heterocycles. The highest BCUT2D eigenvalue weighted by Gasteiger charge is 2.12. The summed E-state index contributed by atoms with van der Waals surface area (Å²) in [6.07, 6.45) is 0. The number of hydrogen-bond donors (Lipinski definition) is 1. The maximum absolute atomic E-state index is 13.6. The van der Waals surface area contributed by atoms with E-state index in [1.807, 2.05) is 29.6 Å². The second kappa shape index (κ2) is 7.64. The number of amides is 1. The highest BCUT2D eigenvalue weighted by molar-refractivity contribution is 7.98. The normalized spacial score (nSPS) is 10.6. The predicted octanol–water partition coefficient (Wildman–Crippen LogP) is 5.74. The summed E-state index contributed by atoms with van der Waals surface area (Å²) in [4.78, 5) is 14.7. The first-order valence-electron chi connectivity index (χ1n) is 7.45. The summed E-state index contributed by atoms with van der Waals surface area (Å²) >= 11 is 3.32. The molecule has 3 aromatic rings. The molecule has 1 N–H and O–H groups in total. The van der Waals surface area contributed by atoms with Crippen LogP contribution >= 0.6 is 23.1 Å². The maximum atomic E-state index is 13.6. The van der Waals surface area contributed by atoms with Crippen molar-refractivity contribution in [1.29, 1.82) is 0 Å². The van der Waals surface area contributed by atoms with Gasteiger partial charge in [0.05, 0.1) is 5.56 Å².